The first-order chi connectivity index (χ1) is 15.7. The lowest BCUT2D eigenvalue weighted by atomic mass is 9.79. The number of benzene rings is 2. The number of Topliss-reactive ketones (excluding diaryl/α,β-unsaturated/α-hetero) is 1. The van der Waals surface area contributed by atoms with Gasteiger partial charge in [-0.05, 0) is 81.6 Å². The average molecular weight is 431 g/mol. The Morgan fingerprint density at radius 1 is 0.938 bits per heavy atom. The lowest BCUT2D eigenvalue weighted by Crippen LogP contribution is -2.56. The molecule has 2 aromatic rings. The summed E-state index contributed by atoms with van der Waals surface area (Å²) in [6.45, 7) is 4.24. The lowest BCUT2D eigenvalue weighted by molar-refractivity contribution is -0.130. The Labute approximate surface area is 193 Å². The van der Waals surface area contributed by atoms with Crippen molar-refractivity contribution in [3.8, 4) is 0 Å². The van der Waals surface area contributed by atoms with Crippen molar-refractivity contribution in [1.29, 1.82) is 0 Å². The molecule has 2 fully saturated rings. The van der Waals surface area contributed by atoms with Crippen LogP contribution in [0.4, 0.5) is 5.69 Å². The standard InChI is InChI=1S/C29H38N2O/c1-21-8-7-12-25(20-21)22-16-18-31(19-17-22)28(29(32)24-10-3-2-4-11-24)27-15-14-23-9-5-6-13-26(23)30-27/h5-9,12-13,20,22,24,27-28,30H,2-4,10-11,14-19H2,1H3. The maximum atomic E-state index is 13.9. The number of nitrogens with zero attached hydrogens (tertiary/aromatic N) is 1. The minimum Gasteiger partial charge on any atom is -0.380 e. The maximum Gasteiger partial charge on any atom is 0.155 e. The van der Waals surface area contributed by atoms with E-state index in [2.05, 4.69) is 65.7 Å². The van der Waals surface area contributed by atoms with E-state index in [1.54, 1.807) is 0 Å². The number of nitrogens with one attached hydrogen (secondary N) is 1. The van der Waals surface area contributed by atoms with Crippen LogP contribution in [0.5, 0.6) is 0 Å². The Balaban J connectivity index is 1.34. The molecule has 0 amide bonds. The summed E-state index contributed by atoms with van der Waals surface area (Å²) < 4.78 is 0. The molecular formula is C29H38N2O. The molecule has 5 rings (SSSR count). The fourth-order valence-electron chi connectivity index (χ4n) is 6.40. The molecule has 2 unspecified atom stereocenters. The molecule has 32 heavy (non-hydrogen) atoms. The van der Waals surface area contributed by atoms with Gasteiger partial charge in [0.2, 0.25) is 0 Å². The number of anilines is 1. The fourth-order valence-corrected chi connectivity index (χ4v) is 6.40. The van der Waals surface area contributed by atoms with Gasteiger partial charge in [0.05, 0.1) is 6.04 Å². The third-order valence-corrected chi connectivity index (χ3v) is 8.20. The second-order valence-electron chi connectivity index (χ2n) is 10.4. The summed E-state index contributed by atoms with van der Waals surface area (Å²) in [6.07, 6.45) is 10.4. The third kappa shape index (κ3) is 4.64. The number of carbonyl (C=O) groups excluding carboxylic acids is 1. The number of hydrogen-bond acceptors (Lipinski definition) is 3. The molecule has 1 N–H and O–H groups in total. The molecule has 2 aliphatic heterocycles. The van der Waals surface area contributed by atoms with Crippen molar-refractivity contribution in [3.05, 3.63) is 65.2 Å². The van der Waals surface area contributed by atoms with Crippen LogP contribution in [0.1, 0.15) is 74.0 Å². The van der Waals surface area contributed by atoms with Gasteiger partial charge in [0.1, 0.15) is 0 Å². The van der Waals surface area contributed by atoms with Gasteiger partial charge in [-0.15, -0.1) is 0 Å². The molecule has 2 aromatic carbocycles. The Kier molecular flexibility index (Phi) is 6.64. The first-order valence-electron chi connectivity index (χ1n) is 12.9. The second-order valence-corrected chi connectivity index (χ2v) is 10.4. The summed E-state index contributed by atoms with van der Waals surface area (Å²) in [4.78, 5) is 16.5. The van der Waals surface area contributed by atoms with Crippen molar-refractivity contribution >= 4 is 11.5 Å². The van der Waals surface area contributed by atoms with Gasteiger partial charge in [0.25, 0.3) is 0 Å². The van der Waals surface area contributed by atoms with E-state index < -0.39 is 0 Å². The van der Waals surface area contributed by atoms with E-state index in [0.717, 1.165) is 51.6 Å². The first kappa shape index (κ1) is 21.7. The normalized spacial score (nSPS) is 23.8. The Morgan fingerprint density at radius 2 is 1.72 bits per heavy atom. The van der Waals surface area contributed by atoms with Crippen molar-refractivity contribution < 1.29 is 4.79 Å². The molecular weight excluding hydrogens is 392 g/mol. The highest BCUT2D eigenvalue weighted by Crippen LogP contribution is 2.35. The van der Waals surface area contributed by atoms with Gasteiger partial charge in [-0.3, -0.25) is 9.69 Å². The molecule has 0 aromatic heterocycles. The van der Waals surface area contributed by atoms with E-state index in [0.29, 0.717) is 11.7 Å². The Morgan fingerprint density at radius 3 is 2.50 bits per heavy atom. The third-order valence-electron chi connectivity index (χ3n) is 8.20. The fraction of sp³-hybridized carbons (Fsp3) is 0.552. The van der Waals surface area contributed by atoms with Crippen molar-refractivity contribution in [1.82, 2.24) is 4.90 Å². The number of ketones is 1. The highest BCUT2D eigenvalue weighted by molar-refractivity contribution is 5.88. The van der Waals surface area contributed by atoms with E-state index in [1.807, 2.05) is 0 Å². The molecule has 3 nitrogen and oxygen atoms in total. The number of piperidine rings is 1. The quantitative estimate of drug-likeness (QED) is 0.620. The predicted molar refractivity (Wildman–Crippen MR) is 132 cm³/mol. The summed E-state index contributed by atoms with van der Waals surface area (Å²) >= 11 is 0. The van der Waals surface area contributed by atoms with E-state index >= 15 is 0 Å². The summed E-state index contributed by atoms with van der Waals surface area (Å²) in [7, 11) is 0. The van der Waals surface area contributed by atoms with Crippen LogP contribution in [0, 0.1) is 12.8 Å². The number of likely N-dealkylation sites (tertiary alicyclic amines) is 1. The van der Waals surface area contributed by atoms with Gasteiger partial charge < -0.3 is 5.32 Å². The van der Waals surface area contributed by atoms with Crippen LogP contribution in [-0.2, 0) is 11.2 Å². The van der Waals surface area contributed by atoms with E-state index in [4.69, 9.17) is 0 Å². The number of para-hydroxylation sites is 1. The molecule has 1 saturated heterocycles. The zero-order valence-electron chi connectivity index (χ0n) is 19.6. The van der Waals surface area contributed by atoms with Crippen LogP contribution < -0.4 is 5.32 Å². The molecule has 0 radical (unpaired) electrons. The van der Waals surface area contributed by atoms with Gasteiger partial charge in [-0.25, -0.2) is 0 Å². The molecule has 2 heterocycles. The smallest absolute Gasteiger partial charge is 0.155 e. The summed E-state index contributed by atoms with van der Waals surface area (Å²) in [5, 5.41) is 3.80. The van der Waals surface area contributed by atoms with Crippen LogP contribution in [0.25, 0.3) is 0 Å². The monoisotopic (exact) mass is 430 g/mol. The highest BCUT2D eigenvalue weighted by atomic mass is 16.1. The van der Waals surface area contributed by atoms with Gasteiger partial charge >= 0.3 is 0 Å². The van der Waals surface area contributed by atoms with Gasteiger partial charge in [-0.2, -0.15) is 0 Å². The molecule has 0 bridgehead atoms. The van der Waals surface area contributed by atoms with Crippen LogP contribution in [0.2, 0.25) is 0 Å². The van der Waals surface area contributed by atoms with Crippen LogP contribution in [0.3, 0.4) is 0 Å². The minimum absolute atomic E-state index is 0.0184. The van der Waals surface area contributed by atoms with E-state index in [1.165, 1.54) is 41.6 Å². The number of hydrogen-bond donors (Lipinski definition) is 1. The largest absolute Gasteiger partial charge is 0.380 e. The number of aryl methyl sites for hydroxylation is 2. The zero-order valence-corrected chi connectivity index (χ0v) is 19.6. The summed E-state index contributed by atoms with van der Waals surface area (Å²) in [6, 6.07) is 17.9. The molecule has 1 saturated carbocycles. The molecule has 2 atom stereocenters. The van der Waals surface area contributed by atoms with E-state index in [-0.39, 0.29) is 18.0 Å². The Hall–Kier alpha value is -2.13. The summed E-state index contributed by atoms with van der Waals surface area (Å²) in [5.41, 5.74) is 5.45. The van der Waals surface area contributed by atoms with E-state index in [9.17, 15) is 4.79 Å². The van der Waals surface area contributed by atoms with Crippen LogP contribution in [-0.4, -0.2) is 35.9 Å². The summed E-state index contributed by atoms with van der Waals surface area (Å²) in [5.74, 6) is 1.41. The van der Waals surface area contributed by atoms with Gasteiger partial charge in [0.15, 0.2) is 5.78 Å². The van der Waals surface area contributed by atoms with Crippen molar-refractivity contribution in [2.75, 3.05) is 18.4 Å². The number of fused-ring (bicyclic) bond motifs is 1. The number of rotatable bonds is 5. The molecule has 0 spiro atoms. The second kappa shape index (κ2) is 9.79. The predicted octanol–water partition coefficient (Wildman–Crippen LogP) is 6.12. The van der Waals surface area contributed by atoms with Crippen LogP contribution >= 0.6 is 0 Å². The van der Waals surface area contributed by atoms with Crippen molar-refractivity contribution in [2.24, 2.45) is 5.92 Å². The average Bonchev–Trinajstić information content (AvgIpc) is 2.85. The van der Waals surface area contributed by atoms with Crippen molar-refractivity contribution in [3.63, 3.8) is 0 Å². The number of carbonyl (C=O) groups is 1. The zero-order chi connectivity index (χ0) is 21.9. The molecule has 3 heteroatoms. The van der Waals surface area contributed by atoms with Gasteiger partial charge in [0, 0.05) is 17.6 Å². The molecule has 3 aliphatic rings. The van der Waals surface area contributed by atoms with Crippen LogP contribution in [0.15, 0.2) is 48.5 Å². The Bertz CT molecular complexity index is 924. The molecule has 170 valence electrons. The first-order valence-corrected chi connectivity index (χ1v) is 12.9. The maximum absolute atomic E-state index is 13.9. The topological polar surface area (TPSA) is 32.3 Å². The van der Waals surface area contributed by atoms with Gasteiger partial charge in [-0.1, -0.05) is 67.3 Å². The minimum atomic E-state index is 0.0184. The highest BCUT2D eigenvalue weighted by Gasteiger charge is 2.40. The van der Waals surface area contributed by atoms with Crippen molar-refractivity contribution in [2.45, 2.75) is 82.7 Å². The molecule has 1 aliphatic carbocycles. The lowest BCUT2D eigenvalue weighted by Gasteiger charge is -2.43. The SMILES string of the molecule is Cc1cccc(C2CCN(C(C(=O)C3CCCCC3)C3CCc4ccccc4N3)CC2)c1.